The summed E-state index contributed by atoms with van der Waals surface area (Å²) in [7, 11) is -4.11. The van der Waals surface area contributed by atoms with Gasteiger partial charge in [-0.15, -0.1) is 0 Å². The van der Waals surface area contributed by atoms with E-state index in [9.17, 15) is 26.0 Å². The number of hydrogen-bond acceptors (Lipinski definition) is 4. The van der Waals surface area contributed by atoms with Gasteiger partial charge in [0.1, 0.15) is 11.5 Å². The van der Waals surface area contributed by atoms with Crippen LogP contribution in [0.25, 0.3) is 11.3 Å². The lowest BCUT2D eigenvalue weighted by Crippen LogP contribution is -2.14. The Bertz CT molecular complexity index is 1090. The van der Waals surface area contributed by atoms with Crippen molar-refractivity contribution in [3.05, 3.63) is 65.7 Å². The fourth-order valence-corrected chi connectivity index (χ4v) is 3.68. The monoisotopic (exact) mass is 400 g/mol. The average Bonchev–Trinajstić information content (AvgIpc) is 3.05. The third kappa shape index (κ3) is 4.11. The number of aromatic nitrogens is 1. The molecule has 142 valence electrons. The fraction of sp³-hybridized carbons (Fsp3) is 0.118. The molecular formula is C17H12F4N2O3S. The van der Waals surface area contributed by atoms with Crippen LogP contribution >= 0.6 is 0 Å². The summed E-state index contributed by atoms with van der Waals surface area (Å²) < 4.78 is 83.0. The SMILES string of the molecule is Cc1ccc(-c2cc(C(F)(F)F)on2)cc1S(=O)(=O)Nc1cccc(F)c1. The molecule has 0 spiro atoms. The summed E-state index contributed by atoms with van der Waals surface area (Å²) in [6.45, 7) is 1.52. The third-order valence-electron chi connectivity index (χ3n) is 3.64. The Morgan fingerprint density at radius 2 is 1.81 bits per heavy atom. The van der Waals surface area contributed by atoms with Crippen LogP contribution in [0.1, 0.15) is 11.3 Å². The van der Waals surface area contributed by atoms with Gasteiger partial charge in [0.25, 0.3) is 10.0 Å². The molecule has 27 heavy (non-hydrogen) atoms. The van der Waals surface area contributed by atoms with E-state index < -0.39 is 27.8 Å². The molecule has 1 aromatic heterocycles. The highest BCUT2D eigenvalue weighted by Crippen LogP contribution is 2.33. The number of alkyl halides is 3. The van der Waals surface area contributed by atoms with Gasteiger partial charge >= 0.3 is 6.18 Å². The maximum Gasteiger partial charge on any atom is 0.452 e. The molecule has 0 aliphatic heterocycles. The predicted molar refractivity (Wildman–Crippen MR) is 88.9 cm³/mol. The van der Waals surface area contributed by atoms with Gasteiger partial charge in [-0.1, -0.05) is 23.4 Å². The van der Waals surface area contributed by atoms with Gasteiger partial charge in [-0.2, -0.15) is 13.2 Å². The smallest absolute Gasteiger partial charge is 0.351 e. The van der Waals surface area contributed by atoms with E-state index in [4.69, 9.17) is 0 Å². The van der Waals surface area contributed by atoms with Gasteiger partial charge in [-0.3, -0.25) is 4.72 Å². The number of rotatable bonds is 4. The van der Waals surface area contributed by atoms with E-state index >= 15 is 0 Å². The molecule has 0 radical (unpaired) electrons. The van der Waals surface area contributed by atoms with Gasteiger partial charge in [-0.25, -0.2) is 12.8 Å². The van der Waals surface area contributed by atoms with Gasteiger partial charge in [0, 0.05) is 11.6 Å². The van der Waals surface area contributed by atoms with Crippen molar-refractivity contribution in [1.82, 2.24) is 5.16 Å². The van der Waals surface area contributed by atoms with Crippen LogP contribution in [-0.4, -0.2) is 13.6 Å². The van der Waals surface area contributed by atoms with E-state index in [1.54, 1.807) is 0 Å². The average molecular weight is 400 g/mol. The second-order valence-corrected chi connectivity index (χ2v) is 7.32. The summed E-state index contributed by atoms with van der Waals surface area (Å²) in [5, 5.41) is 3.34. The van der Waals surface area contributed by atoms with Crippen LogP contribution in [0.2, 0.25) is 0 Å². The molecule has 1 heterocycles. The second kappa shape index (κ2) is 6.69. The van der Waals surface area contributed by atoms with E-state index in [1.807, 2.05) is 0 Å². The molecule has 0 aliphatic carbocycles. The Morgan fingerprint density at radius 3 is 2.44 bits per heavy atom. The molecular weight excluding hydrogens is 388 g/mol. The number of nitrogens with one attached hydrogen (secondary N) is 1. The molecule has 3 rings (SSSR count). The molecule has 0 saturated heterocycles. The van der Waals surface area contributed by atoms with Gasteiger partial charge in [0.2, 0.25) is 5.76 Å². The summed E-state index contributed by atoms with van der Waals surface area (Å²) in [4.78, 5) is -0.180. The molecule has 5 nitrogen and oxygen atoms in total. The lowest BCUT2D eigenvalue weighted by molar-refractivity contribution is -0.155. The van der Waals surface area contributed by atoms with E-state index in [2.05, 4.69) is 14.4 Å². The number of benzene rings is 2. The van der Waals surface area contributed by atoms with E-state index in [1.165, 1.54) is 37.3 Å². The van der Waals surface area contributed by atoms with Crippen molar-refractivity contribution >= 4 is 15.7 Å². The van der Waals surface area contributed by atoms with Crippen LogP contribution in [-0.2, 0) is 16.2 Å². The molecule has 0 atom stereocenters. The molecule has 2 aromatic carbocycles. The summed E-state index contributed by atoms with van der Waals surface area (Å²) in [6, 6.07) is 9.58. The van der Waals surface area contributed by atoms with Gasteiger partial charge in [0.15, 0.2) is 0 Å². The number of anilines is 1. The molecule has 1 N–H and O–H groups in total. The molecule has 10 heteroatoms. The maximum atomic E-state index is 13.3. The zero-order valence-corrected chi connectivity index (χ0v) is 14.5. The Kier molecular flexibility index (Phi) is 4.68. The van der Waals surface area contributed by atoms with Gasteiger partial charge < -0.3 is 4.52 Å². The quantitative estimate of drug-likeness (QED) is 0.650. The molecule has 0 saturated carbocycles. The highest BCUT2D eigenvalue weighted by Gasteiger charge is 2.36. The van der Waals surface area contributed by atoms with Crippen molar-refractivity contribution in [3.8, 4) is 11.3 Å². The van der Waals surface area contributed by atoms with Crippen molar-refractivity contribution in [2.45, 2.75) is 18.0 Å². The number of hydrogen-bond donors (Lipinski definition) is 1. The summed E-state index contributed by atoms with van der Waals surface area (Å²) in [6.07, 6.45) is -4.70. The van der Waals surface area contributed by atoms with E-state index in [-0.39, 0.29) is 21.8 Å². The first-order valence-corrected chi connectivity index (χ1v) is 8.98. The topological polar surface area (TPSA) is 72.2 Å². The Hall–Kier alpha value is -2.88. The minimum absolute atomic E-state index is 0.0144. The first kappa shape index (κ1) is 18.9. The minimum Gasteiger partial charge on any atom is -0.351 e. The lowest BCUT2D eigenvalue weighted by Gasteiger charge is -2.11. The van der Waals surface area contributed by atoms with Crippen molar-refractivity contribution in [2.24, 2.45) is 0 Å². The predicted octanol–water partition coefficient (Wildman–Crippen LogP) is 4.61. The first-order chi connectivity index (χ1) is 12.6. The van der Waals surface area contributed by atoms with Crippen LogP contribution < -0.4 is 4.72 Å². The summed E-state index contributed by atoms with van der Waals surface area (Å²) in [5.41, 5.74) is 0.326. The number of sulfonamides is 1. The number of aryl methyl sites for hydroxylation is 1. The highest BCUT2D eigenvalue weighted by atomic mass is 32.2. The Labute approximate surface area is 151 Å². The first-order valence-electron chi connectivity index (χ1n) is 7.49. The zero-order chi connectivity index (χ0) is 19.8. The second-order valence-electron chi connectivity index (χ2n) is 5.67. The fourth-order valence-electron chi connectivity index (χ4n) is 2.36. The molecule has 0 fully saturated rings. The number of nitrogens with zero attached hydrogens (tertiary/aromatic N) is 1. The Morgan fingerprint density at radius 1 is 1.07 bits per heavy atom. The number of halogens is 4. The van der Waals surface area contributed by atoms with Crippen LogP contribution in [0, 0.1) is 12.7 Å². The molecule has 0 aliphatic rings. The van der Waals surface area contributed by atoms with Crippen molar-refractivity contribution in [2.75, 3.05) is 4.72 Å². The van der Waals surface area contributed by atoms with Gasteiger partial charge in [0.05, 0.1) is 10.6 Å². The van der Waals surface area contributed by atoms with Crippen molar-refractivity contribution in [1.29, 1.82) is 0 Å². The van der Waals surface area contributed by atoms with E-state index in [0.29, 0.717) is 11.6 Å². The standard InChI is InChI=1S/C17H12F4N2O3S/c1-10-5-6-11(14-9-16(26-22-14)17(19,20)21)7-15(10)27(24,25)23-13-4-2-3-12(18)8-13/h2-9,23H,1H3. The van der Waals surface area contributed by atoms with Crippen LogP contribution in [0.5, 0.6) is 0 Å². The van der Waals surface area contributed by atoms with Crippen molar-refractivity contribution < 1.29 is 30.5 Å². The summed E-state index contributed by atoms with van der Waals surface area (Å²) in [5.74, 6) is -1.91. The van der Waals surface area contributed by atoms with Crippen molar-refractivity contribution in [3.63, 3.8) is 0 Å². The maximum absolute atomic E-state index is 13.3. The molecule has 3 aromatic rings. The molecule has 0 amide bonds. The Balaban J connectivity index is 1.99. The minimum atomic E-state index is -4.70. The normalized spacial score (nSPS) is 12.2. The molecule has 0 unspecified atom stereocenters. The zero-order valence-electron chi connectivity index (χ0n) is 13.7. The molecule has 0 bridgehead atoms. The van der Waals surface area contributed by atoms with Crippen LogP contribution in [0.3, 0.4) is 0 Å². The van der Waals surface area contributed by atoms with Crippen LogP contribution in [0.15, 0.2) is 57.9 Å². The largest absolute Gasteiger partial charge is 0.452 e. The summed E-state index contributed by atoms with van der Waals surface area (Å²) >= 11 is 0. The highest BCUT2D eigenvalue weighted by molar-refractivity contribution is 7.92. The van der Waals surface area contributed by atoms with E-state index in [0.717, 1.165) is 12.1 Å². The van der Waals surface area contributed by atoms with Gasteiger partial charge in [-0.05, 0) is 36.8 Å². The lowest BCUT2D eigenvalue weighted by atomic mass is 10.1. The van der Waals surface area contributed by atoms with Crippen LogP contribution in [0.4, 0.5) is 23.2 Å². The third-order valence-corrected chi connectivity index (χ3v) is 5.16.